The molecule has 0 amide bonds. The van der Waals surface area contributed by atoms with Gasteiger partial charge in [0, 0.05) is 42.0 Å². The topological polar surface area (TPSA) is 15.7 Å². The van der Waals surface area contributed by atoms with Gasteiger partial charge in [-0.3, -0.25) is 9.80 Å². The fourth-order valence-corrected chi connectivity index (χ4v) is 5.42. The number of ether oxygens (including phenoxy) is 1. The Bertz CT molecular complexity index is 505. The van der Waals surface area contributed by atoms with Crippen LogP contribution in [0.5, 0.6) is 0 Å². The summed E-state index contributed by atoms with van der Waals surface area (Å²) < 4.78 is 5.49. The first-order chi connectivity index (χ1) is 11.0. The van der Waals surface area contributed by atoms with E-state index in [4.69, 9.17) is 4.74 Å². The van der Waals surface area contributed by atoms with Crippen molar-refractivity contribution in [2.75, 3.05) is 33.4 Å². The highest BCUT2D eigenvalue weighted by Gasteiger charge is 2.45. The van der Waals surface area contributed by atoms with Gasteiger partial charge in [0.25, 0.3) is 0 Å². The lowest BCUT2D eigenvalue weighted by Crippen LogP contribution is -2.42. The minimum absolute atomic E-state index is 0.537. The van der Waals surface area contributed by atoms with Gasteiger partial charge >= 0.3 is 0 Å². The molecule has 3 nitrogen and oxygen atoms in total. The van der Waals surface area contributed by atoms with E-state index in [2.05, 4.69) is 42.7 Å². The number of hydrogen-bond donors (Lipinski definition) is 0. The van der Waals surface area contributed by atoms with Crippen molar-refractivity contribution in [3.05, 3.63) is 21.9 Å². The van der Waals surface area contributed by atoms with E-state index in [1.54, 1.807) is 0 Å². The van der Waals surface area contributed by atoms with E-state index in [0.717, 1.165) is 13.2 Å². The van der Waals surface area contributed by atoms with Gasteiger partial charge in [0.2, 0.25) is 0 Å². The van der Waals surface area contributed by atoms with Crippen molar-refractivity contribution in [3.8, 4) is 0 Å². The molecule has 3 heterocycles. The fraction of sp³-hybridized carbons (Fsp3) is 0.789. The molecule has 0 aliphatic carbocycles. The zero-order chi connectivity index (χ0) is 16.4. The van der Waals surface area contributed by atoms with Crippen molar-refractivity contribution >= 4 is 11.3 Å². The standard InChI is InChI=1S/C19H32N2OS/c1-15(2)21-14-19(11-17(21)13-22-4)7-9-20(10-8-19)12-18-6-5-16(3)23-18/h5-6,15,17H,7-14H2,1-4H3/t17-/m1/s1. The maximum atomic E-state index is 5.49. The Kier molecular flexibility index (Phi) is 5.46. The molecule has 1 aromatic heterocycles. The van der Waals surface area contributed by atoms with Gasteiger partial charge < -0.3 is 4.74 Å². The van der Waals surface area contributed by atoms with Gasteiger partial charge in [0.05, 0.1) is 6.61 Å². The number of rotatable bonds is 5. The van der Waals surface area contributed by atoms with Crippen LogP contribution in [0.4, 0.5) is 0 Å². The summed E-state index contributed by atoms with van der Waals surface area (Å²) in [4.78, 5) is 8.28. The van der Waals surface area contributed by atoms with Crippen molar-refractivity contribution < 1.29 is 4.74 Å². The van der Waals surface area contributed by atoms with Crippen LogP contribution in [0.15, 0.2) is 12.1 Å². The van der Waals surface area contributed by atoms with Gasteiger partial charge in [-0.1, -0.05) is 0 Å². The number of hydrogen-bond acceptors (Lipinski definition) is 4. The SMILES string of the molecule is COC[C@H]1CC2(CCN(Cc3ccc(C)s3)CC2)CN1C(C)C. The number of thiophene rings is 1. The van der Waals surface area contributed by atoms with Crippen molar-refractivity contribution in [2.45, 2.75) is 58.7 Å². The molecule has 0 saturated carbocycles. The highest BCUT2D eigenvalue weighted by molar-refractivity contribution is 7.11. The third-order valence-corrected chi connectivity index (χ3v) is 6.76. The molecule has 2 aliphatic rings. The van der Waals surface area contributed by atoms with E-state index in [-0.39, 0.29) is 0 Å². The van der Waals surface area contributed by atoms with Crippen LogP contribution in [0.1, 0.15) is 42.9 Å². The second-order valence-electron chi connectivity index (χ2n) is 7.87. The molecule has 0 bridgehead atoms. The largest absolute Gasteiger partial charge is 0.383 e. The molecule has 2 saturated heterocycles. The molecule has 3 rings (SSSR count). The molecule has 1 aromatic rings. The Morgan fingerprint density at radius 2 is 2.04 bits per heavy atom. The zero-order valence-electron chi connectivity index (χ0n) is 15.2. The van der Waals surface area contributed by atoms with Crippen LogP contribution in [0, 0.1) is 12.3 Å². The highest BCUT2D eigenvalue weighted by atomic mass is 32.1. The molecule has 130 valence electrons. The molecule has 0 aromatic carbocycles. The normalized spacial score (nSPS) is 25.7. The monoisotopic (exact) mass is 336 g/mol. The summed E-state index contributed by atoms with van der Waals surface area (Å²) in [7, 11) is 1.84. The van der Waals surface area contributed by atoms with Gasteiger partial charge in [0.1, 0.15) is 0 Å². The summed E-state index contributed by atoms with van der Waals surface area (Å²) >= 11 is 1.95. The van der Waals surface area contributed by atoms with Crippen molar-refractivity contribution in [2.24, 2.45) is 5.41 Å². The second-order valence-corrected chi connectivity index (χ2v) is 9.24. The third-order valence-electron chi connectivity index (χ3n) is 5.77. The second kappa shape index (κ2) is 7.22. The molecule has 2 fully saturated rings. The lowest BCUT2D eigenvalue weighted by Gasteiger charge is -2.39. The summed E-state index contributed by atoms with van der Waals surface area (Å²) in [6, 6.07) is 5.79. The summed E-state index contributed by atoms with van der Waals surface area (Å²) in [5.41, 5.74) is 0.537. The van der Waals surface area contributed by atoms with E-state index in [1.165, 1.54) is 48.7 Å². The average Bonchev–Trinajstić information content (AvgIpc) is 3.07. The van der Waals surface area contributed by atoms with Crippen LogP contribution in [-0.2, 0) is 11.3 Å². The van der Waals surface area contributed by atoms with E-state index in [1.807, 2.05) is 18.4 Å². The number of methoxy groups -OCH3 is 1. The van der Waals surface area contributed by atoms with E-state index in [9.17, 15) is 0 Å². The third kappa shape index (κ3) is 3.98. The lowest BCUT2D eigenvalue weighted by atomic mass is 9.76. The first-order valence-corrected chi connectivity index (χ1v) is 9.85. The zero-order valence-corrected chi connectivity index (χ0v) is 16.0. The molecule has 0 unspecified atom stereocenters. The molecule has 0 N–H and O–H groups in total. The maximum Gasteiger partial charge on any atom is 0.0618 e. The maximum absolute atomic E-state index is 5.49. The van der Waals surface area contributed by atoms with E-state index < -0.39 is 0 Å². The van der Waals surface area contributed by atoms with E-state index >= 15 is 0 Å². The Labute approximate surface area is 145 Å². The van der Waals surface area contributed by atoms with E-state index in [0.29, 0.717) is 17.5 Å². The predicted molar refractivity (Wildman–Crippen MR) is 98.1 cm³/mol. The van der Waals surface area contributed by atoms with Gasteiger partial charge in [-0.05, 0) is 70.7 Å². The molecular weight excluding hydrogens is 304 g/mol. The number of likely N-dealkylation sites (tertiary alicyclic amines) is 2. The Morgan fingerprint density at radius 3 is 2.61 bits per heavy atom. The van der Waals surface area contributed by atoms with Crippen LogP contribution in [-0.4, -0.2) is 55.2 Å². The minimum Gasteiger partial charge on any atom is -0.383 e. The van der Waals surface area contributed by atoms with Crippen molar-refractivity contribution in [1.29, 1.82) is 0 Å². The summed E-state index contributed by atoms with van der Waals surface area (Å²) in [6.45, 7) is 12.7. The molecular formula is C19H32N2OS. The molecule has 0 radical (unpaired) electrons. The van der Waals surface area contributed by atoms with Crippen LogP contribution in [0.2, 0.25) is 0 Å². The first kappa shape index (κ1) is 17.4. The molecule has 4 heteroatoms. The van der Waals surface area contributed by atoms with Gasteiger partial charge in [-0.2, -0.15) is 0 Å². The van der Waals surface area contributed by atoms with Crippen LogP contribution >= 0.6 is 11.3 Å². The number of aryl methyl sites for hydroxylation is 1. The average molecular weight is 337 g/mol. The Balaban J connectivity index is 1.57. The highest BCUT2D eigenvalue weighted by Crippen LogP contribution is 2.44. The fourth-order valence-electron chi connectivity index (χ4n) is 4.49. The van der Waals surface area contributed by atoms with Crippen molar-refractivity contribution in [1.82, 2.24) is 9.80 Å². The van der Waals surface area contributed by atoms with Gasteiger partial charge in [-0.25, -0.2) is 0 Å². The molecule has 1 atom stereocenters. The smallest absolute Gasteiger partial charge is 0.0618 e. The quantitative estimate of drug-likeness (QED) is 0.814. The number of piperidine rings is 1. The van der Waals surface area contributed by atoms with Crippen LogP contribution in [0.3, 0.4) is 0 Å². The Hall–Kier alpha value is -0.420. The predicted octanol–water partition coefficient (Wildman–Crippen LogP) is 3.77. The van der Waals surface area contributed by atoms with Gasteiger partial charge in [0.15, 0.2) is 0 Å². The van der Waals surface area contributed by atoms with Crippen LogP contribution < -0.4 is 0 Å². The summed E-state index contributed by atoms with van der Waals surface area (Å²) in [5.74, 6) is 0. The van der Waals surface area contributed by atoms with Crippen molar-refractivity contribution in [3.63, 3.8) is 0 Å². The first-order valence-electron chi connectivity index (χ1n) is 9.04. The molecule has 1 spiro atoms. The minimum atomic E-state index is 0.537. The van der Waals surface area contributed by atoms with Gasteiger partial charge in [-0.15, -0.1) is 11.3 Å². The molecule has 23 heavy (non-hydrogen) atoms. The molecule has 2 aliphatic heterocycles. The summed E-state index contributed by atoms with van der Waals surface area (Å²) in [6.07, 6.45) is 4.02. The van der Waals surface area contributed by atoms with Crippen LogP contribution in [0.25, 0.3) is 0 Å². The number of nitrogens with zero attached hydrogens (tertiary/aromatic N) is 2. The lowest BCUT2D eigenvalue weighted by molar-refractivity contribution is 0.0918. The Morgan fingerprint density at radius 1 is 1.30 bits per heavy atom. The summed E-state index contributed by atoms with van der Waals surface area (Å²) in [5, 5.41) is 0.